The molecule has 0 aliphatic heterocycles. The Bertz CT molecular complexity index is 1660. The molecule has 0 saturated heterocycles. The van der Waals surface area contributed by atoms with Crippen LogP contribution in [0.25, 0.3) is 33.7 Å². The van der Waals surface area contributed by atoms with Crippen molar-refractivity contribution in [3.63, 3.8) is 0 Å². The lowest BCUT2D eigenvalue weighted by atomic mass is 9.98. The van der Waals surface area contributed by atoms with Crippen LogP contribution in [0.1, 0.15) is 36.7 Å². The molecule has 8 heteroatoms. The highest BCUT2D eigenvalue weighted by atomic mass is 16.1. The molecule has 3 aromatic carbocycles. The van der Waals surface area contributed by atoms with Crippen molar-refractivity contribution in [2.45, 2.75) is 32.9 Å². The molecule has 0 atom stereocenters. The third-order valence-corrected chi connectivity index (χ3v) is 6.16. The molecule has 2 aromatic heterocycles. The summed E-state index contributed by atoms with van der Waals surface area (Å²) in [5, 5.41) is 3.55. The third kappa shape index (κ3) is 4.92. The summed E-state index contributed by atoms with van der Waals surface area (Å²) in [6.45, 7) is 7.19. The quantitative estimate of drug-likeness (QED) is 0.369. The number of primary amides is 1. The minimum atomic E-state index is -0.544. The molecular formula is C29H28N6O2. The normalized spacial score (nSPS) is 11.6. The Hall–Kier alpha value is -4.56. The maximum absolute atomic E-state index is 13.6. The summed E-state index contributed by atoms with van der Waals surface area (Å²) in [6, 6.07) is 22.9. The highest BCUT2D eigenvalue weighted by Gasteiger charge is 2.15. The van der Waals surface area contributed by atoms with Crippen LogP contribution in [0.5, 0.6) is 0 Å². The van der Waals surface area contributed by atoms with Crippen molar-refractivity contribution in [2.24, 2.45) is 5.73 Å². The zero-order chi connectivity index (χ0) is 26.2. The van der Waals surface area contributed by atoms with Crippen LogP contribution in [-0.4, -0.2) is 30.5 Å². The van der Waals surface area contributed by atoms with Gasteiger partial charge in [-0.3, -0.25) is 18.7 Å². The van der Waals surface area contributed by atoms with Crippen molar-refractivity contribution in [1.82, 2.24) is 24.4 Å². The number of hydrogen-bond acceptors (Lipinski definition) is 5. The first-order chi connectivity index (χ1) is 17.7. The second-order valence-corrected chi connectivity index (χ2v) is 9.93. The van der Waals surface area contributed by atoms with Crippen molar-refractivity contribution in [3.05, 3.63) is 107 Å². The summed E-state index contributed by atoms with van der Waals surface area (Å²) in [5.41, 5.74) is 10.8. The van der Waals surface area contributed by atoms with Crippen molar-refractivity contribution < 1.29 is 4.79 Å². The average Bonchev–Trinajstić information content (AvgIpc) is 3.33. The molecule has 5 aromatic rings. The van der Waals surface area contributed by atoms with Crippen LogP contribution in [-0.2, 0) is 6.54 Å². The second-order valence-electron chi connectivity index (χ2n) is 9.93. The number of fused-ring (bicyclic) bond motifs is 1. The van der Waals surface area contributed by atoms with Crippen LogP contribution in [0.3, 0.4) is 0 Å². The molecule has 0 spiro atoms. The van der Waals surface area contributed by atoms with Crippen LogP contribution in [0.15, 0.2) is 90.2 Å². The monoisotopic (exact) mass is 492 g/mol. The fourth-order valence-electron chi connectivity index (χ4n) is 4.22. The fraction of sp³-hybridized carbons (Fsp3) is 0.172. The second kappa shape index (κ2) is 9.48. The zero-order valence-corrected chi connectivity index (χ0v) is 21.0. The van der Waals surface area contributed by atoms with E-state index in [2.05, 4.69) is 48.2 Å². The summed E-state index contributed by atoms with van der Waals surface area (Å²) in [6.07, 6.45) is 3.01. The Morgan fingerprint density at radius 2 is 1.59 bits per heavy atom. The van der Waals surface area contributed by atoms with Gasteiger partial charge in [-0.25, -0.2) is 9.97 Å². The third-order valence-electron chi connectivity index (χ3n) is 6.16. The molecule has 2 heterocycles. The lowest BCUT2D eigenvalue weighted by molar-refractivity contribution is 0.1000. The van der Waals surface area contributed by atoms with Gasteiger partial charge in [-0.15, -0.1) is 0 Å². The van der Waals surface area contributed by atoms with Gasteiger partial charge in [0.05, 0.1) is 5.69 Å². The number of carbonyl (C=O) groups excluding carboxylic acids is 1. The Kier molecular flexibility index (Phi) is 6.19. The summed E-state index contributed by atoms with van der Waals surface area (Å²) in [4.78, 5) is 33.9. The predicted molar refractivity (Wildman–Crippen MR) is 145 cm³/mol. The first-order valence-corrected chi connectivity index (χ1v) is 12.0. The van der Waals surface area contributed by atoms with Gasteiger partial charge in [-0.2, -0.15) is 0 Å². The van der Waals surface area contributed by atoms with Gasteiger partial charge in [0.15, 0.2) is 11.2 Å². The standard InChI is InChI=1S/C29H28N6O2/c1-29(2,3)33-16-21-7-4-5-10-24(21)19-11-13-22(14-12-19)35-18-32-27-25(28(35)37)34(17-31-27)23-9-6-8-20(15-23)26(30)36/h4-15,17-18,33H,16H2,1-3H3,(H2,30,36). The van der Waals surface area contributed by atoms with E-state index in [1.165, 1.54) is 22.8 Å². The molecule has 0 bridgehead atoms. The molecule has 0 unspecified atom stereocenters. The van der Waals surface area contributed by atoms with Gasteiger partial charge in [-0.1, -0.05) is 42.5 Å². The van der Waals surface area contributed by atoms with E-state index in [4.69, 9.17) is 5.73 Å². The molecule has 0 aliphatic carbocycles. The number of imidazole rings is 1. The summed E-state index contributed by atoms with van der Waals surface area (Å²) in [7, 11) is 0. The van der Waals surface area contributed by atoms with E-state index < -0.39 is 5.91 Å². The minimum Gasteiger partial charge on any atom is -0.366 e. The zero-order valence-electron chi connectivity index (χ0n) is 21.0. The number of nitrogens with one attached hydrogen (secondary N) is 1. The van der Waals surface area contributed by atoms with E-state index in [-0.39, 0.29) is 11.1 Å². The molecule has 5 rings (SSSR count). The molecule has 0 radical (unpaired) electrons. The highest BCUT2D eigenvalue weighted by Crippen LogP contribution is 2.25. The van der Waals surface area contributed by atoms with Gasteiger partial charge in [0, 0.05) is 23.3 Å². The predicted octanol–water partition coefficient (Wildman–Crippen LogP) is 4.23. The molecule has 186 valence electrons. The molecule has 3 N–H and O–H groups in total. The SMILES string of the molecule is CC(C)(C)NCc1ccccc1-c1ccc(-n2cnc3ncn(-c4cccc(C(N)=O)c4)c3c2=O)cc1. The lowest BCUT2D eigenvalue weighted by Gasteiger charge is -2.21. The van der Waals surface area contributed by atoms with Crippen LogP contribution in [0, 0.1) is 0 Å². The van der Waals surface area contributed by atoms with Crippen molar-refractivity contribution in [1.29, 1.82) is 0 Å². The van der Waals surface area contributed by atoms with Gasteiger partial charge in [-0.05, 0) is 67.8 Å². The van der Waals surface area contributed by atoms with Gasteiger partial charge in [0.25, 0.3) is 5.56 Å². The molecule has 37 heavy (non-hydrogen) atoms. The first-order valence-electron chi connectivity index (χ1n) is 12.0. The summed E-state index contributed by atoms with van der Waals surface area (Å²) in [5.74, 6) is -0.544. The minimum absolute atomic E-state index is 0.0114. The Morgan fingerprint density at radius 1 is 0.892 bits per heavy atom. The highest BCUT2D eigenvalue weighted by molar-refractivity contribution is 5.93. The van der Waals surface area contributed by atoms with Crippen LogP contribution in [0.2, 0.25) is 0 Å². The lowest BCUT2D eigenvalue weighted by Crippen LogP contribution is -2.35. The number of nitrogens with zero attached hydrogens (tertiary/aromatic N) is 4. The molecule has 1 amide bonds. The van der Waals surface area contributed by atoms with Gasteiger partial charge >= 0.3 is 0 Å². The van der Waals surface area contributed by atoms with E-state index in [0.717, 1.165) is 17.7 Å². The number of hydrogen-bond donors (Lipinski definition) is 2. The fourth-order valence-corrected chi connectivity index (χ4v) is 4.22. The smallest absolute Gasteiger partial charge is 0.284 e. The average molecular weight is 493 g/mol. The number of carbonyl (C=O) groups is 1. The van der Waals surface area contributed by atoms with Gasteiger partial charge < -0.3 is 11.1 Å². The van der Waals surface area contributed by atoms with Gasteiger partial charge in [0.2, 0.25) is 5.91 Å². The number of amides is 1. The van der Waals surface area contributed by atoms with E-state index in [1.807, 2.05) is 36.4 Å². The van der Waals surface area contributed by atoms with Crippen molar-refractivity contribution in [3.8, 4) is 22.5 Å². The first kappa shape index (κ1) is 24.1. The van der Waals surface area contributed by atoms with Crippen molar-refractivity contribution >= 4 is 17.1 Å². The Labute approximate surface area is 214 Å². The molecule has 0 fully saturated rings. The van der Waals surface area contributed by atoms with Crippen LogP contribution < -0.4 is 16.6 Å². The number of nitrogens with two attached hydrogens (primary N) is 1. The van der Waals surface area contributed by atoms with Crippen LogP contribution >= 0.6 is 0 Å². The maximum Gasteiger partial charge on any atom is 0.284 e. The Morgan fingerprint density at radius 3 is 2.30 bits per heavy atom. The van der Waals surface area contributed by atoms with Gasteiger partial charge in [0.1, 0.15) is 12.7 Å². The largest absolute Gasteiger partial charge is 0.366 e. The Balaban J connectivity index is 1.52. The molecule has 0 saturated carbocycles. The van der Waals surface area contributed by atoms with E-state index in [9.17, 15) is 9.59 Å². The number of aromatic nitrogens is 4. The van der Waals surface area contributed by atoms with Crippen molar-refractivity contribution in [2.75, 3.05) is 0 Å². The van der Waals surface area contributed by atoms with E-state index in [0.29, 0.717) is 28.1 Å². The number of benzene rings is 3. The van der Waals surface area contributed by atoms with E-state index >= 15 is 0 Å². The summed E-state index contributed by atoms with van der Waals surface area (Å²) < 4.78 is 3.12. The number of rotatable bonds is 6. The molecular weight excluding hydrogens is 464 g/mol. The molecule has 8 nitrogen and oxygen atoms in total. The van der Waals surface area contributed by atoms with E-state index in [1.54, 1.807) is 28.8 Å². The van der Waals surface area contributed by atoms with Crippen LogP contribution in [0.4, 0.5) is 0 Å². The summed E-state index contributed by atoms with van der Waals surface area (Å²) >= 11 is 0. The molecule has 0 aliphatic rings. The maximum atomic E-state index is 13.6. The topological polar surface area (TPSA) is 108 Å².